The van der Waals surface area contributed by atoms with Gasteiger partial charge < -0.3 is 14.6 Å². The van der Waals surface area contributed by atoms with Crippen molar-refractivity contribution in [3.05, 3.63) is 11.6 Å². The van der Waals surface area contributed by atoms with Gasteiger partial charge in [-0.2, -0.15) is 0 Å². The lowest BCUT2D eigenvalue weighted by Gasteiger charge is -2.09. The minimum absolute atomic E-state index is 0.0352. The number of hydrogen-bond acceptors (Lipinski definition) is 3. The van der Waals surface area contributed by atoms with Gasteiger partial charge in [0.1, 0.15) is 6.10 Å². The maximum Gasteiger partial charge on any atom is 0.180 e. The van der Waals surface area contributed by atoms with Gasteiger partial charge in [0.05, 0.1) is 13.2 Å². The van der Waals surface area contributed by atoms with Crippen LogP contribution in [0.15, 0.2) is 11.6 Å². The lowest BCUT2D eigenvalue weighted by molar-refractivity contribution is -0.0379. The number of rotatable bonds is 2. The highest BCUT2D eigenvalue weighted by atomic mass is 16.7. The summed E-state index contributed by atoms with van der Waals surface area (Å²) in [7, 11) is 0. The van der Waals surface area contributed by atoms with Crippen LogP contribution in [0.3, 0.4) is 0 Å². The van der Waals surface area contributed by atoms with Crippen molar-refractivity contribution in [2.75, 3.05) is 13.2 Å². The quantitative estimate of drug-likeness (QED) is 0.670. The van der Waals surface area contributed by atoms with Gasteiger partial charge in [0.15, 0.2) is 6.29 Å². The maximum absolute atomic E-state index is 8.71. The Morgan fingerprint density at radius 1 is 1.54 bits per heavy atom. The van der Waals surface area contributed by atoms with Gasteiger partial charge in [-0.25, -0.2) is 0 Å². The summed E-state index contributed by atoms with van der Waals surface area (Å²) in [6.07, 6.45) is 1.57. The van der Waals surface area contributed by atoms with Crippen LogP contribution in [0.2, 0.25) is 0 Å². The first kappa shape index (κ1) is 12.6. The van der Waals surface area contributed by atoms with Crippen LogP contribution in [0.25, 0.3) is 0 Å². The highest BCUT2D eigenvalue weighted by Gasteiger charge is 2.25. The normalized spacial score (nSPS) is 28.2. The van der Waals surface area contributed by atoms with Gasteiger partial charge in [0, 0.05) is 0 Å². The molecule has 78 valence electrons. The molecule has 0 aromatic heterocycles. The fraction of sp³-hybridized carbons (Fsp3) is 0.800. The SMILES string of the molecule is C/C=C(\C)C1OCC(CO)O1.CC. The summed E-state index contributed by atoms with van der Waals surface area (Å²) in [6.45, 7) is 8.42. The molecule has 13 heavy (non-hydrogen) atoms. The average Bonchev–Trinajstić information content (AvgIpc) is 2.68. The molecule has 0 spiro atoms. The summed E-state index contributed by atoms with van der Waals surface area (Å²) in [4.78, 5) is 0. The van der Waals surface area contributed by atoms with Crippen LogP contribution in [0.4, 0.5) is 0 Å². The zero-order chi connectivity index (χ0) is 10.3. The Morgan fingerprint density at radius 3 is 2.54 bits per heavy atom. The molecule has 1 fully saturated rings. The highest BCUT2D eigenvalue weighted by molar-refractivity contribution is 5.01. The predicted octanol–water partition coefficient (Wildman–Crippen LogP) is 1.71. The minimum Gasteiger partial charge on any atom is -0.394 e. The summed E-state index contributed by atoms with van der Waals surface area (Å²) in [5.74, 6) is 0. The van der Waals surface area contributed by atoms with Crippen molar-refractivity contribution in [2.24, 2.45) is 0 Å². The van der Waals surface area contributed by atoms with Gasteiger partial charge in [0.25, 0.3) is 0 Å². The van der Waals surface area contributed by atoms with Crippen molar-refractivity contribution in [3.8, 4) is 0 Å². The Labute approximate surface area is 80.4 Å². The molecular formula is C10H20O3. The van der Waals surface area contributed by atoms with Crippen molar-refractivity contribution in [1.82, 2.24) is 0 Å². The molecule has 0 aromatic rings. The molecule has 1 heterocycles. The zero-order valence-electron chi connectivity index (χ0n) is 8.91. The molecule has 0 amide bonds. The van der Waals surface area contributed by atoms with Gasteiger partial charge in [-0.1, -0.05) is 19.9 Å². The molecule has 0 saturated carbocycles. The number of aliphatic hydroxyl groups excluding tert-OH is 1. The molecule has 2 unspecified atom stereocenters. The Morgan fingerprint density at radius 2 is 2.15 bits per heavy atom. The highest BCUT2D eigenvalue weighted by Crippen LogP contribution is 2.17. The van der Waals surface area contributed by atoms with E-state index in [1.54, 1.807) is 0 Å². The van der Waals surface area contributed by atoms with Crippen molar-refractivity contribution in [3.63, 3.8) is 0 Å². The average molecular weight is 188 g/mol. The minimum atomic E-state index is -0.239. The van der Waals surface area contributed by atoms with E-state index in [0.717, 1.165) is 5.57 Å². The standard InChI is InChI=1S/C8H14O3.C2H6/c1-3-6(2)8-10-5-7(4-9)11-8;1-2/h3,7-9H,4-5H2,1-2H3;1-2H3/b6-3+;. The van der Waals surface area contributed by atoms with Crippen molar-refractivity contribution in [1.29, 1.82) is 0 Å². The maximum atomic E-state index is 8.71. The first-order valence-electron chi connectivity index (χ1n) is 4.78. The van der Waals surface area contributed by atoms with E-state index in [1.807, 2.05) is 33.8 Å². The fourth-order valence-electron chi connectivity index (χ4n) is 0.919. The summed E-state index contributed by atoms with van der Waals surface area (Å²) < 4.78 is 10.6. The van der Waals surface area contributed by atoms with Gasteiger partial charge in [-0.05, 0) is 19.4 Å². The van der Waals surface area contributed by atoms with Crippen molar-refractivity contribution in [2.45, 2.75) is 40.1 Å². The van der Waals surface area contributed by atoms with Gasteiger partial charge >= 0.3 is 0 Å². The Balaban J connectivity index is 0.000000671. The van der Waals surface area contributed by atoms with Crippen LogP contribution in [-0.4, -0.2) is 30.7 Å². The molecule has 0 radical (unpaired) electrons. The van der Waals surface area contributed by atoms with Crippen LogP contribution < -0.4 is 0 Å². The van der Waals surface area contributed by atoms with E-state index in [4.69, 9.17) is 14.6 Å². The molecule has 3 heteroatoms. The third-order valence-corrected chi connectivity index (χ3v) is 1.78. The Bertz CT molecular complexity index is 154. The molecule has 1 aliphatic rings. The second kappa shape index (κ2) is 7.06. The summed E-state index contributed by atoms with van der Waals surface area (Å²) in [6, 6.07) is 0. The van der Waals surface area contributed by atoms with E-state index in [9.17, 15) is 0 Å². The molecule has 1 N–H and O–H groups in total. The summed E-state index contributed by atoms with van der Waals surface area (Å²) >= 11 is 0. The number of ether oxygens (including phenoxy) is 2. The van der Waals surface area contributed by atoms with Gasteiger partial charge in [-0.3, -0.25) is 0 Å². The molecule has 1 saturated heterocycles. The first-order valence-corrected chi connectivity index (χ1v) is 4.78. The summed E-state index contributed by atoms with van der Waals surface area (Å²) in [5, 5.41) is 8.71. The fourth-order valence-corrected chi connectivity index (χ4v) is 0.919. The predicted molar refractivity (Wildman–Crippen MR) is 52.5 cm³/mol. The van der Waals surface area contributed by atoms with E-state index in [-0.39, 0.29) is 19.0 Å². The summed E-state index contributed by atoms with van der Waals surface area (Å²) in [5.41, 5.74) is 1.06. The van der Waals surface area contributed by atoms with Gasteiger partial charge in [0.2, 0.25) is 0 Å². The van der Waals surface area contributed by atoms with Crippen LogP contribution in [0.5, 0.6) is 0 Å². The second-order valence-electron chi connectivity index (χ2n) is 2.64. The Hall–Kier alpha value is -0.380. The third-order valence-electron chi connectivity index (χ3n) is 1.78. The lowest BCUT2D eigenvalue weighted by Crippen LogP contribution is -2.16. The number of aliphatic hydroxyl groups is 1. The molecule has 3 nitrogen and oxygen atoms in total. The van der Waals surface area contributed by atoms with Crippen LogP contribution in [0, 0.1) is 0 Å². The topological polar surface area (TPSA) is 38.7 Å². The van der Waals surface area contributed by atoms with E-state index >= 15 is 0 Å². The van der Waals surface area contributed by atoms with Crippen LogP contribution >= 0.6 is 0 Å². The zero-order valence-corrected chi connectivity index (χ0v) is 8.91. The smallest absolute Gasteiger partial charge is 0.180 e. The molecule has 0 aliphatic carbocycles. The number of hydrogen-bond donors (Lipinski definition) is 1. The van der Waals surface area contributed by atoms with E-state index in [0.29, 0.717) is 6.61 Å². The van der Waals surface area contributed by atoms with E-state index in [2.05, 4.69) is 0 Å². The second-order valence-corrected chi connectivity index (χ2v) is 2.64. The van der Waals surface area contributed by atoms with E-state index < -0.39 is 0 Å². The molecule has 0 aromatic carbocycles. The third kappa shape index (κ3) is 3.89. The monoisotopic (exact) mass is 188 g/mol. The lowest BCUT2D eigenvalue weighted by atomic mass is 10.3. The first-order chi connectivity index (χ1) is 6.27. The number of allylic oxidation sites excluding steroid dienone is 1. The largest absolute Gasteiger partial charge is 0.394 e. The van der Waals surface area contributed by atoms with E-state index in [1.165, 1.54) is 0 Å². The molecule has 0 bridgehead atoms. The molecule has 2 atom stereocenters. The molecule has 1 aliphatic heterocycles. The molecular weight excluding hydrogens is 168 g/mol. The van der Waals surface area contributed by atoms with Crippen molar-refractivity contribution < 1.29 is 14.6 Å². The van der Waals surface area contributed by atoms with Crippen LogP contribution in [-0.2, 0) is 9.47 Å². The molecule has 1 rings (SSSR count). The van der Waals surface area contributed by atoms with Crippen LogP contribution in [0.1, 0.15) is 27.7 Å². The van der Waals surface area contributed by atoms with Gasteiger partial charge in [-0.15, -0.1) is 0 Å². The van der Waals surface area contributed by atoms with Crippen molar-refractivity contribution >= 4 is 0 Å². The Kier molecular flexibility index (Phi) is 6.86.